The minimum absolute atomic E-state index is 0.864. The summed E-state index contributed by atoms with van der Waals surface area (Å²) in [6, 6.07) is 21.1. The van der Waals surface area contributed by atoms with Crippen LogP contribution in [0.2, 0.25) is 0 Å². The van der Waals surface area contributed by atoms with Gasteiger partial charge in [0.05, 0.1) is 0 Å². The first-order chi connectivity index (χ1) is 11.9. The van der Waals surface area contributed by atoms with Crippen molar-refractivity contribution in [2.45, 2.75) is 13.5 Å². The molecular formula is C20H16N4. The van der Waals surface area contributed by atoms with Crippen molar-refractivity contribution in [1.29, 1.82) is 0 Å². The molecule has 0 N–H and O–H groups in total. The van der Waals surface area contributed by atoms with Gasteiger partial charge in [0.25, 0.3) is 0 Å². The average molecular weight is 312 g/mol. The Morgan fingerprint density at radius 1 is 0.833 bits per heavy atom. The van der Waals surface area contributed by atoms with Crippen LogP contribution in [0.4, 0.5) is 0 Å². The highest BCUT2D eigenvalue weighted by Gasteiger charge is 2.13. The van der Waals surface area contributed by atoms with Gasteiger partial charge in [-0.2, -0.15) is 0 Å². The van der Waals surface area contributed by atoms with Crippen molar-refractivity contribution in [3.63, 3.8) is 0 Å². The van der Waals surface area contributed by atoms with E-state index in [4.69, 9.17) is 0 Å². The van der Waals surface area contributed by atoms with Crippen LogP contribution < -0.4 is 0 Å². The first kappa shape index (κ1) is 13.3. The maximum absolute atomic E-state index is 4.39. The summed E-state index contributed by atoms with van der Waals surface area (Å²) in [6.07, 6.45) is 2.00. The lowest BCUT2D eigenvalue weighted by molar-refractivity contribution is 0.827. The highest BCUT2D eigenvalue weighted by atomic mass is 15.2. The Morgan fingerprint density at radius 2 is 1.67 bits per heavy atom. The zero-order chi connectivity index (χ0) is 16.1. The van der Waals surface area contributed by atoms with Crippen LogP contribution in [-0.4, -0.2) is 19.2 Å². The van der Waals surface area contributed by atoms with Crippen molar-refractivity contribution in [3.05, 3.63) is 66.9 Å². The number of nitrogens with zero attached hydrogens (tertiary/aromatic N) is 4. The second kappa shape index (κ2) is 4.93. The van der Waals surface area contributed by atoms with Gasteiger partial charge < -0.3 is 4.57 Å². The first-order valence-corrected chi connectivity index (χ1v) is 8.18. The van der Waals surface area contributed by atoms with Gasteiger partial charge in [0.15, 0.2) is 11.5 Å². The Morgan fingerprint density at radius 3 is 2.58 bits per heavy atom. The summed E-state index contributed by atoms with van der Waals surface area (Å²) in [6.45, 7) is 3.14. The van der Waals surface area contributed by atoms with E-state index >= 15 is 0 Å². The zero-order valence-corrected chi connectivity index (χ0v) is 13.3. The van der Waals surface area contributed by atoms with Gasteiger partial charge in [0, 0.05) is 40.1 Å². The second-order valence-electron chi connectivity index (χ2n) is 5.95. The fraction of sp³-hybridized carbons (Fsp3) is 0.100. The van der Waals surface area contributed by atoms with Gasteiger partial charge in [-0.25, -0.2) is 0 Å². The summed E-state index contributed by atoms with van der Waals surface area (Å²) in [7, 11) is 0. The number of hydrogen-bond acceptors (Lipinski definition) is 2. The van der Waals surface area contributed by atoms with Gasteiger partial charge >= 0.3 is 0 Å². The van der Waals surface area contributed by atoms with E-state index in [9.17, 15) is 0 Å². The summed E-state index contributed by atoms with van der Waals surface area (Å²) in [5.74, 6) is 0.876. The van der Waals surface area contributed by atoms with Crippen molar-refractivity contribution in [2.75, 3.05) is 0 Å². The van der Waals surface area contributed by atoms with Crippen LogP contribution in [0.5, 0.6) is 0 Å². The number of aromatic nitrogens is 4. The molecule has 0 fully saturated rings. The summed E-state index contributed by atoms with van der Waals surface area (Å²) >= 11 is 0. The van der Waals surface area contributed by atoms with Crippen LogP contribution >= 0.6 is 0 Å². The zero-order valence-electron chi connectivity index (χ0n) is 13.3. The molecule has 0 saturated heterocycles. The minimum Gasteiger partial charge on any atom is -0.341 e. The Labute approximate surface area is 139 Å². The molecule has 0 saturated carbocycles. The van der Waals surface area contributed by atoms with Crippen LogP contribution in [0, 0.1) is 0 Å². The molecule has 0 unspecified atom stereocenters. The lowest BCUT2D eigenvalue weighted by atomic mass is 10.1. The molecule has 3 heterocycles. The second-order valence-corrected chi connectivity index (χ2v) is 5.95. The van der Waals surface area contributed by atoms with Crippen molar-refractivity contribution < 1.29 is 0 Å². The predicted octanol–water partition coefficient (Wildman–Crippen LogP) is 4.52. The number of para-hydroxylation sites is 1. The predicted molar refractivity (Wildman–Crippen MR) is 97.1 cm³/mol. The van der Waals surface area contributed by atoms with E-state index in [0.29, 0.717) is 0 Å². The fourth-order valence-corrected chi connectivity index (χ4v) is 3.57. The quantitative estimate of drug-likeness (QED) is 0.480. The Bertz CT molecular complexity index is 1200. The van der Waals surface area contributed by atoms with Gasteiger partial charge in [-0.3, -0.25) is 4.40 Å². The number of pyridine rings is 1. The SMILES string of the molecule is CCn1c2ccccc2c2cc(-c3nnc4ccccn34)ccc21. The molecule has 0 radical (unpaired) electrons. The third-order valence-corrected chi connectivity index (χ3v) is 4.66. The number of benzene rings is 2. The number of rotatable bonds is 2. The third kappa shape index (κ3) is 1.74. The average Bonchev–Trinajstić information content (AvgIpc) is 3.20. The molecule has 0 bridgehead atoms. The molecule has 116 valence electrons. The molecular weight excluding hydrogens is 296 g/mol. The van der Waals surface area contributed by atoms with E-state index in [0.717, 1.165) is 23.6 Å². The van der Waals surface area contributed by atoms with E-state index in [-0.39, 0.29) is 0 Å². The first-order valence-electron chi connectivity index (χ1n) is 8.18. The summed E-state index contributed by atoms with van der Waals surface area (Å²) < 4.78 is 4.39. The normalized spacial score (nSPS) is 11.7. The highest BCUT2D eigenvalue weighted by Crippen LogP contribution is 2.32. The van der Waals surface area contributed by atoms with Crippen LogP contribution in [0.15, 0.2) is 66.9 Å². The molecule has 2 aromatic carbocycles. The van der Waals surface area contributed by atoms with Crippen molar-refractivity contribution in [3.8, 4) is 11.4 Å². The van der Waals surface area contributed by atoms with Crippen LogP contribution in [0.1, 0.15) is 6.92 Å². The summed E-state index contributed by atoms with van der Waals surface area (Å²) in [5, 5.41) is 11.2. The monoisotopic (exact) mass is 312 g/mol. The molecule has 0 atom stereocenters. The molecule has 0 spiro atoms. The lowest BCUT2D eigenvalue weighted by Crippen LogP contribution is -1.93. The molecule has 5 aromatic rings. The third-order valence-electron chi connectivity index (χ3n) is 4.66. The van der Waals surface area contributed by atoms with Gasteiger partial charge in [0.2, 0.25) is 0 Å². The molecule has 3 aromatic heterocycles. The smallest absolute Gasteiger partial charge is 0.168 e. The Hall–Kier alpha value is -3.14. The van der Waals surface area contributed by atoms with E-state index in [2.05, 4.69) is 64.2 Å². The van der Waals surface area contributed by atoms with E-state index in [1.54, 1.807) is 0 Å². The molecule has 4 heteroatoms. The fourth-order valence-electron chi connectivity index (χ4n) is 3.57. The van der Waals surface area contributed by atoms with Crippen molar-refractivity contribution in [2.24, 2.45) is 0 Å². The van der Waals surface area contributed by atoms with Crippen LogP contribution in [-0.2, 0) is 6.54 Å². The van der Waals surface area contributed by atoms with Crippen LogP contribution in [0.25, 0.3) is 38.8 Å². The molecule has 5 rings (SSSR count). The number of fused-ring (bicyclic) bond motifs is 4. The van der Waals surface area contributed by atoms with Crippen LogP contribution in [0.3, 0.4) is 0 Å². The van der Waals surface area contributed by atoms with Crippen molar-refractivity contribution in [1.82, 2.24) is 19.2 Å². The molecule has 0 amide bonds. The lowest BCUT2D eigenvalue weighted by Gasteiger charge is -2.04. The molecule has 24 heavy (non-hydrogen) atoms. The largest absolute Gasteiger partial charge is 0.341 e. The summed E-state index contributed by atoms with van der Waals surface area (Å²) in [4.78, 5) is 0. The van der Waals surface area contributed by atoms with Gasteiger partial charge in [-0.15, -0.1) is 10.2 Å². The standard InChI is InChI=1S/C20H16N4/c1-2-23-17-8-4-3-7-15(17)16-13-14(10-11-18(16)23)20-22-21-19-9-5-6-12-24(19)20/h3-13H,2H2,1H3. The molecule has 4 nitrogen and oxygen atoms in total. The van der Waals surface area contributed by atoms with Gasteiger partial charge in [0.1, 0.15) is 0 Å². The minimum atomic E-state index is 0.864. The highest BCUT2D eigenvalue weighted by molar-refractivity contribution is 6.09. The molecule has 0 aliphatic heterocycles. The number of hydrogen-bond donors (Lipinski definition) is 0. The molecule has 0 aliphatic rings. The maximum Gasteiger partial charge on any atom is 0.168 e. The maximum atomic E-state index is 4.39. The number of aryl methyl sites for hydroxylation is 1. The Balaban J connectivity index is 1.84. The van der Waals surface area contributed by atoms with E-state index in [1.165, 1.54) is 21.8 Å². The van der Waals surface area contributed by atoms with Crippen molar-refractivity contribution >= 4 is 27.5 Å². The topological polar surface area (TPSA) is 35.1 Å². The van der Waals surface area contributed by atoms with E-state index < -0.39 is 0 Å². The summed E-state index contributed by atoms with van der Waals surface area (Å²) in [5.41, 5.74) is 4.48. The van der Waals surface area contributed by atoms with Gasteiger partial charge in [-0.1, -0.05) is 24.3 Å². The molecule has 0 aliphatic carbocycles. The van der Waals surface area contributed by atoms with Gasteiger partial charge in [-0.05, 0) is 43.3 Å². The van der Waals surface area contributed by atoms with E-state index in [1.807, 2.05) is 28.8 Å². The Kier molecular flexibility index (Phi) is 2.73.